The van der Waals surface area contributed by atoms with Crippen LogP contribution in [0.15, 0.2) is 0 Å². The molecule has 3 nitrogen and oxygen atoms in total. The van der Waals surface area contributed by atoms with E-state index in [0.717, 1.165) is 38.4 Å². The lowest BCUT2D eigenvalue weighted by atomic mass is 9.96. The highest BCUT2D eigenvalue weighted by Gasteiger charge is 2.44. The van der Waals surface area contributed by atoms with E-state index in [0.29, 0.717) is 5.92 Å². The summed E-state index contributed by atoms with van der Waals surface area (Å²) < 4.78 is 0. The number of rotatable bonds is 3. The molecule has 2 aliphatic rings. The van der Waals surface area contributed by atoms with Gasteiger partial charge in [0.05, 0.1) is 6.07 Å². The molecule has 0 aromatic carbocycles. The van der Waals surface area contributed by atoms with Crippen LogP contribution in [0, 0.1) is 23.2 Å². The monoisotopic (exact) mass is 193 g/mol. The van der Waals surface area contributed by atoms with E-state index in [1.54, 1.807) is 0 Å². The standard InChI is InChI=1S/C11H19N3/c1-9-4-5-14(6-9)8-11(13,7-12)10-2-3-10/h9-10H,2-6,8,13H2,1H3. The molecule has 2 atom stereocenters. The maximum Gasteiger partial charge on any atom is 0.119 e. The van der Waals surface area contributed by atoms with Crippen molar-refractivity contribution < 1.29 is 0 Å². The summed E-state index contributed by atoms with van der Waals surface area (Å²) >= 11 is 0. The van der Waals surface area contributed by atoms with Crippen molar-refractivity contribution in [3.8, 4) is 6.07 Å². The maximum atomic E-state index is 9.12. The lowest BCUT2D eigenvalue weighted by Gasteiger charge is -2.27. The van der Waals surface area contributed by atoms with Crippen LogP contribution in [0.3, 0.4) is 0 Å². The van der Waals surface area contributed by atoms with Crippen molar-refractivity contribution in [1.29, 1.82) is 5.26 Å². The molecule has 0 amide bonds. The van der Waals surface area contributed by atoms with Gasteiger partial charge in [0.25, 0.3) is 0 Å². The molecule has 1 heterocycles. The van der Waals surface area contributed by atoms with Gasteiger partial charge in [-0.3, -0.25) is 0 Å². The van der Waals surface area contributed by atoms with Crippen molar-refractivity contribution in [3.05, 3.63) is 0 Å². The van der Waals surface area contributed by atoms with E-state index < -0.39 is 5.54 Å². The van der Waals surface area contributed by atoms with Crippen LogP contribution in [0.25, 0.3) is 0 Å². The third-order valence-electron chi connectivity index (χ3n) is 3.51. The molecule has 3 heteroatoms. The molecule has 2 rings (SSSR count). The van der Waals surface area contributed by atoms with Crippen LogP contribution in [0.4, 0.5) is 0 Å². The number of likely N-dealkylation sites (tertiary alicyclic amines) is 1. The summed E-state index contributed by atoms with van der Waals surface area (Å²) in [5.41, 5.74) is 5.56. The molecule has 1 saturated heterocycles. The molecular weight excluding hydrogens is 174 g/mol. The Morgan fingerprint density at radius 2 is 2.21 bits per heavy atom. The first-order valence-electron chi connectivity index (χ1n) is 5.56. The summed E-state index contributed by atoms with van der Waals surface area (Å²) in [6.45, 7) is 5.28. The average molecular weight is 193 g/mol. The SMILES string of the molecule is CC1CCN(CC(N)(C#N)C2CC2)C1. The summed E-state index contributed by atoms with van der Waals surface area (Å²) in [7, 11) is 0. The van der Waals surface area contributed by atoms with Crippen LogP contribution < -0.4 is 5.73 Å². The first-order chi connectivity index (χ1) is 6.64. The largest absolute Gasteiger partial charge is 0.312 e. The first-order valence-corrected chi connectivity index (χ1v) is 5.56. The summed E-state index contributed by atoms with van der Waals surface area (Å²) in [5, 5.41) is 9.12. The minimum atomic E-state index is -0.565. The second-order valence-corrected chi connectivity index (χ2v) is 5.06. The highest BCUT2D eigenvalue weighted by molar-refractivity contribution is 5.15. The van der Waals surface area contributed by atoms with Crippen LogP contribution in [0.5, 0.6) is 0 Å². The van der Waals surface area contributed by atoms with Gasteiger partial charge >= 0.3 is 0 Å². The van der Waals surface area contributed by atoms with E-state index in [1.165, 1.54) is 6.42 Å². The lowest BCUT2D eigenvalue weighted by molar-refractivity contribution is 0.258. The Balaban J connectivity index is 1.92. The van der Waals surface area contributed by atoms with Crippen LogP contribution in [0.1, 0.15) is 26.2 Å². The Morgan fingerprint density at radius 3 is 2.64 bits per heavy atom. The number of nitrogens with two attached hydrogens (primary N) is 1. The van der Waals surface area contributed by atoms with Gasteiger partial charge < -0.3 is 10.6 Å². The number of hydrogen-bond donors (Lipinski definition) is 1. The van der Waals surface area contributed by atoms with Gasteiger partial charge in [-0.15, -0.1) is 0 Å². The second kappa shape index (κ2) is 3.52. The van der Waals surface area contributed by atoms with Gasteiger partial charge in [0.2, 0.25) is 0 Å². The van der Waals surface area contributed by atoms with Crippen molar-refractivity contribution in [2.45, 2.75) is 31.7 Å². The van der Waals surface area contributed by atoms with Crippen LogP contribution >= 0.6 is 0 Å². The third-order valence-corrected chi connectivity index (χ3v) is 3.51. The smallest absolute Gasteiger partial charge is 0.119 e. The minimum Gasteiger partial charge on any atom is -0.312 e. The van der Waals surface area contributed by atoms with Crippen molar-refractivity contribution in [1.82, 2.24) is 4.90 Å². The van der Waals surface area contributed by atoms with Gasteiger partial charge in [-0.05, 0) is 37.6 Å². The summed E-state index contributed by atoms with van der Waals surface area (Å²) in [6.07, 6.45) is 3.55. The minimum absolute atomic E-state index is 0.461. The zero-order valence-electron chi connectivity index (χ0n) is 8.87. The highest BCUT2D eigenvalue weighted by atomic mass is 15.2. The predicted octanol–water partition coefficient (Wildman–Crippen LogP) is 0.959. The highest BCUT2D eigenvalue weighted by Crippen LogP contribution is 2.38. The fourth-order valence-electron chi connectivity index (χ4n) is 2.39. The molecular formula is C11H19N3. The van der Waals surface area contributed by atoms with Crippen LogP contribution in [-0.4, -0.2) is 30.1 Å². The molecule has 0 spiro atoms. The molecule has 2 unspecified atom stereocenters. The first kappa shape index (κ1) is 9.95. The van der Waals surface area contributed by atoms with E-state index in [1.807, 2.05) is 0 Å². The van der Waals surface area contributed by atoms with Crippen LogP contribution in [0.2, 0.25) is 0 Å². The molecule has 0 bridgehead atoms. The molecule has 2 N–H and O–H groups in total. The zero-order chi connectivity index (χ0) is 10.2. The van der Waals surface area contributed by atoms with E-state index in [9.17, 15) is 0 Å². The second-order valence-electron chi connectivity index (χ2n) is 5.06. The molecule has 1 aliphatic heterocycles. The molecule has 1 aliphatic carbocycles. The molecule has 2 fully saturated rings. The molecule has 0 radical (unpaired) electrons. The molecule has 78 valence electrons. The molecule has 0 aromatic heterocycles. The predicted molar refractivity (Wildman–Crippen MR) is 55.5 cm³/mol. The Labute approximate surface area is 85.9 Å². The third kappa shape index (κ3) is 1.92. The van der Waals surface area contributed by atoms with E-state index in [2.05, 4.69) is 17.9 Å². The topological polar surface area (TPSA) is 53.0 Å². The summed E-state index contributed by atoms with van der Waals surface area (Å²) in [5.74, 6) is 1.24. The average Bonchev–Trinajstić information content (AvgIpc) is 2.93. The van der Waals surface area contributed by atoms with Crippen molar-refractivity contribution in [2.24, 2.45) is 17.6 Å². The van der Waals surface area contributed by atoms with Gasteiger partial charge in [-0.2, -0.15) is 5.26 Å². The number of nitriles is 1. The van der Waals surface area contributed by atoms with Crippen LogP contribution in [-0.2, 0) is 0 Å². The quantitative estimate of drug-likeness (QED) is 0.726. The van der Waals surface area contributed by atoms with E-state index in [-0.39, 0.29) is 0 Å². The zero-order valence-corrected chi connectivity index (χ0v) is 8.87. The molecule has 0 aromatic rings. The Bertz CT molecular complexity index is 254. The van der Waals surface area contributed by atoms with Gasteiger partial charge in [0, 0.05) is 13.1 Å². The Hall–Kier alpha value is -0.590. The maximum absolute atomic E-state index is 9.12. The van der Waals surface area contributed by atoms with Gasteiger partial charge in [0.1, 0.15) is 5.54 Å². The summed E-state index contributed by atoms with van der Waals surface area (Å²) in [6, 6.07) is 2.32. The Morgan fingerprint density at radius 1 is 1.50 bits per heavy atom. The van der Waals surface area contributed by atoms with E-state index in [4.69, 9.17) is 11.0 Å². The molecule has 1 saturated carbocycles. The fraction of sp³-hybridized carbons (Fsp3) is 0.909. The molecule has 14 heavy (non-hydrogen) atoms. The lowest BCUT2D eigenvalue weighted by Crippen LogP contribution is -2.50. The fourth-order valence-corrected chi connectivity index (χ4v) is 2.39. The number of nitrogens with zero attached hydrogens (tertiary/aromatic N) is 2. The summed E-state index contributed by atoms with van der Waals surface area (Å²) in [4.78, 5) is 2.35. The Kier molecular flexibility index (Phi) is 2.50. The normalized spacial score (nSPS) is 32.5. The van der Waals surface area contributed by atoms with Crippen molar-refractivity contribution >= 4 is 0 Å². The van der Waals surface area contributed by atoms with Gasteiger partial charge in [-0.25, -0.2) is 0 Å². The van der Waals surface area contributed by atoms with Gasteiger partial charge in [-0.1, -0.05) is 6.92 Å². The van der Waals surface area contributed by atoms with Crippen molar-refractivity contribution in [3.63, 3.8) is 0 Å². The van der Waals surface area contributed by atoms with Gasteiger partial charge in [0.15, 0.2) is 0 Å². The number of hydrogen-bond acceptors (Lipinski definition) is 3. The van der Waals surface area contributed by atoms with Crippen molar-refractivity contribution in [2.75, 3.05) is 19.6 Å². The van der Waals surface area contributed by atoms with E-state index >= 15 is 0 Å².